The lowest BCUT2D eigenvalue weighted by atomic mass is 9.96. The third-order valence-corrected chi connectivity index (χ3v) is 6.89. The number of hydrogen-bond acceptors (Lipinski definition) is 17. The van der Waals surface area contributed by atoms with E-state index in [0.717, 1.165) is 47.1 Å². The van der Waals surface area contributed by atoms with Gasteiger partial charge in [-0.15, -0.1) is 0 Å². The van der Waals surface area contributed by atoms with Crippen LogP contribution in [0.15, 0.2) is 30.3 Å². The highest BCUT2D eigenvalue weighted by molar-refractivity contribution is 5.68. The van der Waals surface area contributed by atoms with Crippen molar-refractivity contribution in [3.05, 3.63) is 35.9 Å². The molecular formula is C31H40O17. The van der Waals surface area contributed by atoms with Gasteiger partial charge in [-0.25, -0.2) is 0 Å². The summed E-state index contributed by atoms with van der Waals surface area (Å²) in [5.41, 5.74) is 0.722. The minimum atomic E-state index is -1.88. The Morgan fingerprint density at radius 3 is 1.54 bits per heavy atom. The second-order valence-electron chi connectivity index (χ2n) is 10.9. The van der Waals surface area contributed by atoms with Gasteiger partial charge in [0.25, 0.3) is 0 Å². The van der Waals surface area contributed by atoms with Gasteiger partial charge in [-0.05, 0) is 5.56 Å². The van der Waals surface area contributed by atoms with Crippen LogP contribution in [0, 0.1) is 0 Å². The van der Waals surface area contributed by atoms with Crippen LogP contribution >= 0.6 is 0 Å². The molecule has 2 saturated heterocycles. The highest BCUT2D eigenvalue weighted by Crippen LogP contribution is 2.35. The maximum atomic E-state index is 12.4. The van der Waals surface area contributed by atoms with Crippen LogP contribution in [0.5, 0.6) is 0 Å². The number of carbonyl (C=O) groups excluding carboxylic acids is 6. The topological polar surface area (TPSA) is 215 Å². The first-order valence-electron chi connectivity index (χ1n) is 14.9. The summed E-state index contributed by atoms with van der Waals surface area (Å²) in [6.07, 6.45) is -15.3. The van der Waals surface area contributed by atoms with Gasteiger partial charge in [-0.3, -0.25) is 28.8 Å². The van der Waals surface area contributed by atoms with Crippen molar-refractivity contribution in [3.63, 3.8) is 0 Å². The van der Waals surface area contributed by atoms with Gasteiger partial charge in [0.2, 0.25) is 0 Å². The molecule has 0 saturated carbocycles. The molecule has 2 aliphatic heterocycles. The molecule has 48 heavy (non-hydrogen) atoms. The molecule has 0 amide bonds. The molecule has 3 rings (SSSR count). The Kier molecular flexibility index (Phi) is 14.2. The van der Waals surface area contributed by atoms with E-state index in [2.05, 4.69) is 0 Å². The maximum absolute atomic E-state index is 12.4. The summed E-state index contributed by atoms with van der Waals surface area (Å²) in [7, 11) is 0. The molecule has 2 aliphatic rings. The molecule has 266 valence electrons. The summed E-state index contributed by atoms with van der Waals surface area (Å²) in [4.78, 5) is 72.5. The molecule has 1 aromatic carbocycles. The lowest BCUT2D eigenvalue weighted by molar-refractivity contribution is -0.359. The number of hydrogen-bond donors (Lipinski definition) is 1. The Balaban J connectivity index is 2.09. The fourth-order valence-electron chi connectivity index (χ4n) is 5.12. The molecule has 0 bridgehead atoms. The van der Waals surface area contributed by atoms with Crippen LogP contribution in [0.2, 0.25) is 0 Å². The summed E-state index contributed by atoms with van der Waals surface area (Å²) >= 11 is 0. The van der Waals surface area contributed by atoms with Crippen LogP contribution in [0.1, 0.15) is 47.1 Å². The van der Waals surface area contributed by atoms with Crippen molar-refractivity contribution in [3.8, 4) is 0 Å². The van der Waals surface area contributed by atoms with Gasteiger partial charge in [-0.1, -0.05) is 30.3 Å². The number of benzene rings is 1. The second kappa shape index (κ2) is 17.8. The Bertz CT molecular complexity index is 1280. The van der Waals surface area contributed by atoms with Crippen LogP contribution in [0.4, 0.5) is 0 Å². The first-order chi connectivity index (χ1) is 22.7. The summed E-state index contributed by atoms with van der Waals surface area (Å²) in [6, 6.07) is 8.90. The van der Waals surface area contributed by atoms with Crippen molar-refractivity contribution in [2.45, 2.75) is 110 Å². The quantitative estimate of drug-likeness (QED) is 0.218. The number of ether oxygens (including phenoxy) is 10. The van der Waals surface area contributed by atoms with Crippen molar-refractivity contribution >= 4 is 35.8 Å². The number of aliphatic hydroxyl groups excluding tert-OH is 1. The molecule has 1 aromatic rings. The van der Waals surface area contributed by atoms with Gasteiger partial charge >= 0.3 is 35.8 Å². The Morgan fingerprint density at radius 1 is 0.583 bits per heavy atom. The molecule has 0 unspecified atom stereocenters. The van der Waals surface area contributed by atoms with Crippen LogP contribution in [-0.2, 0) is 82.7 Å². The Labute approximate surface area is 275 Å². The van der Waals surface area contributed by atoms with Gasteiger partial charge in [0, 0.05) is 41.5 Å². The summed E-state index contributed by atoms with van der Waals surface area (Å²) < 4.78 is 56.2. The smallest absolute Gasteiger partial charge is 0.303 e. The van der Waals surface area contributed by atoms with E-state index in [1.807, 2.05) is 0 Å². The number of aliphatic hydroxyl groups is 1. The van der Waals surface area contributed by atoms with Crippen molar-refractivity contribution in [2.75, 3.05) is 13.2 Å². The molecule has 1 N–H and O–H groups in total. The predicted octanol–water partition coefficient (Wildman–Crippen LogP) is 0.252. The first-order valence-corrected chi connectivity index (χ1v) is 14.9. The standard InChI is InChI=1S/C31H40O17/c1-15(32)39-13-22-24(41-12-21-10-8-7-9-11-21)26(42-17(3)34)29(45-20(6)37)31(47-22)48-25-23(14-40-16(2)33)46-30(38)28(44-19(5)36)27(25)43-18(4)35/h7-11,22-31,38H,12-14H2,1-6H3/t22-,23-,24-,25-,26+,27+,28-,29-,30+,31+/m1/s1. The molecule has 17 heteroatoms. The molecular weight excluding hydrogens is 644 g/mol. The number of carbonyl (C=O) groups is 6. The normalized spacial score (nSPS) is 29.9. The van der Waals surface area contributed by atoms with Gasteiger partial charge in [0.05, 0.1) is 6.61 Å². The molecule has 17 nitrogen and oxygen atoms in total. The third kappa shape index (κ3) is 11.2. The number of rotatable bonds is 13. The van der Waals surface area contributed by atoms with E-state index in [1.165, 1.54) is 0 Å². The average molecular weight is 685 g/mol. The molecule has 10 atom stereocenters. The monoisotopic (exact) mass is 684 g/mol. The molecule has 2 fully saturated rings. The van der Waals surface area contributed by atoms with E-state index in [0.29, 0.717) is 0 Å². The van der Waals surface area contributed by atoms with Gasteiger partial charge in [0.1, 0.15) is 37.6 Å². The van der Waals surface area contributed by atoms with Crippen LogP contribution in [0.25, 0.3) is 0 Å². The van der Waals surface area contributed by atoms with Crippen molar-refractivity contribution in [1.29, 1.82) is 0 Å². The zero-order chi connectivity index (χ0) is 35.5. The Hall–Kier alpha value is -4.16. The maximum Gasteiger partial charge on any atom is 0.303 e. The van der Waals surface area contributed by atoms with Crippen molar-refractivity contribution in [1.82, 2.24) is 0 Å². The largest absolute Gasteiger partial charge is 0.463 e. The van der Waals surface area contributed by atoms with Crippen LogP contribution < -0.4 is 0 Å². The fourth-order valence-corrected chi connectivity index (χ4v) is 5.12. The third-order valence-electron chi connectivity index (χ3n) is 6.89. The number of esters is 6. The Morgan fingerprint density at radius 2 is 1.04 bits per heavy atom. The minimum absolute atomic E-state index is 0.0288. The summed E-state index contributed by atoms with van der Waals surface area (Å²) in [5.74, 6) is -4.83. The van der Waals surface area contributed by atoms with Gasteiger partial charge in [-0.2, -0.15) is 0 Å². The molecule has 2 heterocycles. The summed E-state index contributed by atoms with van der Waals surface area (Å²) in [6.45, 7) is 5.51. The van der Waals surface area contributed by atoms with E-state index < -0.39 is 110 Å². The SMILES string of the molecule is CC(=O)OC[C@H]1O[C@H](O)[C@H](OC(C)=O)[C@@H](OC(C)=O)[C@@H]1O[C@@H]1O[C@H](COC(C)=O)[C@@H](OCc2ccccc2)[C@H](OC(C)=O)[C@H]1OC(C)=O. The minimum Gasteiger partial charge on any atom is -0.463 e. The highest BCUT2D eigenvalue weighted by Gasteiger charge is 2.56. The van der Waals surface area contributed by atoms with Crippen molar-refractivity contribution in [2.24, 2.45) is 0 Å². The average Bonchev–Trinajstić information content (AvgIpc) is 2.98. The van der Waals surface area contributed by atoms with Crippen LogP contribution in [-0.4, -0.2) is 116 Å². The molecule has 0 radical (unpaired) electrons. The van der Waals surface area contributed by atoms with E-state index >= 15 is 0 Å². The van der Waals surface area contributed by atoms with E-state index in [1.54, 1.807) is 30.3 Å². The summed E-state index contributed by atoms with van der Waals surface area (Å²) in [5, 5.41) is 10.7. The zero-order valence-electron chi connectivity index (χ0n) is 27.3. The molecule has 0 aliphatic carbocycles. The van der Waals surface area contributed by atoms with E-state index in [9.17, 15) is 33.9 Å². The highest BCUT2D eigenvalue weighted by atomic mass is 16.8. The van der Waals surface area contributed by atoms with Gasteiger partial charge < -0.3 is 52.5 Å². The lowest BCUT2D eigenvalue weighted by Crippen LogP contribution is -2.67. The second-order valence-corrected chi connectivity index (χ2v) is 10.9. The predicted molar refractivity (Wildman–Crippen MR) is 155 cm³/mol. The van der Waals surface area contributed by atoms with Crippen molar-refractivity contribution < 1.29 is 81.2 Å². The fraction of sp³-hybridized carbons (Fsp3) is 0.613. The van der Waals surface area contributed by atoms with E-state index in [4.69, 9.17) is 47.4 Å². The molecule has 0 spiro atoms. The van der Waals surface area contributed by atoms with E-state index in [-0.39, 0.29) is 6.61 Å². The lowest BCUT2D eigenvalue weighted by Gasteiger charge is -2.48. The van der Waals surface area contributed by atoms with Gasteiger partial charge in [0.15, 0.2) is 37.0 Å². The van der Waals surface area contributed by atoms with Crippen LogP contribution in [0.3, 0.4) is 0 Å². The molecule has 0 aromatic heterocycles. The zero-order valence-corrected chi connectivity index (χ0v) is 27.3. The first kappa shape index (κ1) is 38.3.